The molecule has 2 aromatic heterocycles. The first-order valence-electron chi connectivity index (χ1n) is 6.14. The number of nitrogens with zero attached hydrogens (tertiary/aromatic N) is 1. The number of hydrogen-bond donors (Lipinski definition) is 2. The van der Waals surface area contributed by atoms with Crippen molar-refractivity contribution < 1.29 is 0 Å². The summed E-state index contributed by atoms with van der Waals surface area (Å²) >= 11 is 1.72. The lowest BCUT2D eigenvalue weighted by atomic mass is 9.81. The molecule has 0 saturated heterocycles. The zero-order chi connectivity index (χ0) is 11.7. The van der Waals surface area contributed by atoms with Gasteiger partial charge in [-0.3, -0.25) is 5.10 Å². The van der Waals surface area contributed by atoms with Crippen molar-refractivity contribution in [3.63, 3.8) is 0 Å². The SMILES string of the molecule is CNCc1c(-c2ccsc2)n[nH]c1C1CCC1. The number of nitrogens with one attached hydrogen (secondary N) is 2. The molecule has 2 heterocycles. The van der Waals surface area contributed by atoms with Gasteiger partial charge in [-0.05, 0) is 31.3 Å². The standard InChI is InChI=1S/C13H17N3S/c1-14-7-11-12(9-3-2-4-9)15-16-13(11)10-5-6-17-8-10/h5-6,8-9,14H,2-4,7H2,1H3,(H,15,16). The van der Waals surface area contributed by atoms with E-state index in [1.807, 2.05) is 7.05 Å². The van der Waals surface area contributed by atoms with Gasteiger partial charge in [-0.1, -0.05) is 6.42 Å². The molecule has 4 heteroatoms. The molecule has 1 aliphatic rings. The second-order valence-electron chi connectivity index (χ2n) is 4.63. The van der Waals surface area contributed by atoms with Gasteiger partial charge in [0.25, 0.3) is 0 Å². The Labute approximate surface area is 105 Å². The first-order valence-corrected chi connectivity index (χ1v) is 7.08. The molecule has 0 unspecified atom stereocenters. The van der Waals surface area contributed by atoms with E-state index in [9.17, 15) is 0 Å². The lowest BCUT2D eigenvalue weighted by molar-refractivity contribution is 0.407. The quantitative estimate of drug-likeness (QED) is 0.871. The Morgan fingerprint density at radius 3 is 3.00 bits per heavy atom. The van der Waals surface area contributed by atoms with Crippen molar-refractivity contribution in [3.8, 4) is 11.3 Å². The van der Waals surface area contributed by atoms with E-state index >= 15 is 0 Å². The average molecular weight is 247 g/mol. The van der Waals surface area contributed by atoms with Gasteiger partial charge in [-0.15, -0.1) is 0 Å². The zero-order valence-electron chi connectivity index (χ0n) is 9.99. The van der Waals surface area contributed by atoms with Crippen molar-refractivity contribution in [1.82, 2.24) is 15.5 Å². The Morgan fingerprint density at radius 1 is 1.53 bits per heavy atom. The van der Waals surface area contributed by atoms with Crippen LogP contribution in [0, 0.1) is 0 Å². The van der Waals surface area contributed by atoms with Crippen LogP contribution in [0.2, 0.25) is 0 Å². The molecule has 2 aromatic rings. The molecule has 1 saturated carbocycles. The van der Waals surface area contributed by atoms with E-state index in [1.165, 1.54) is 36.1 Å². The van der Waals surface area contributed by atoms with E-state index in [2.05, 4.69) is 32.3 Å². The topological polar surface area (TPSA) is 40.7 Å². The largest absolute Gasteiger partial charge is 0.316 e. The fourth-order valence-corrected chi connectivity index (χ4v) is 3.05. The lowest BCUT2D eigenvalue weighted by Gasteiger charge is -2.25. The highest BCUT2D eigenvalue weighted by Crippen LogP contribution is 2.39. The number of hydrogen-bond acceptors (Lipinski definition) is 3. The summed E-state index contributed by atoms with van der Waals surface area (Å²) in [6.45, 7) is 0.896. The van der Waals surface area contributed by atoms with E-state index in [-0.39, 0.29) is 0 Å². The molecule has 3 rings (SSSR count). The van der Waals surface area contributed by atoms with E-state index in [0.29, 0.717) is 5.92 Å². The van der Waals surface area contributed by atoms with Crippen LogP contribution in [0.3, 0.4) is 0 Å². The maximum absolute atomic E-state index is 4.52. The second-order valence-corrected chi connectivity index (χ2v) is 5.41. The molecule has 17 heavy (non-hydrogen) atoms. The minimum Gasteiger partial charge on any atom is -0.316 e. The molecule has 2 N–H and O–H groups in total. The predicted molar refractivity (Wildman–Crippen MR) is 71.3 cm³/mol. The van der Waals surface area contributed by atoms with E-state index < -0.39 is 0 Å². The Balaban J connectivity index is 2.00. The highest BCUT2D eigenvalue weighted by molar-refractivity contribution is 7.08. The summed E-state index contributed by atoms with van der Waals surface area (Å²) < 4.78 is 0. The normalized spacial score (nSPS) is 16.1. The maximum Gasteiger partial charge on any atom is 0.0976 e. The molecule has 0 amide bonds. The van der Waals surface area contributed by atoms with Crippen LogP contribution in [-0.4, -0.2) is 17.2 Å². The average Bonchev–Trinajstić information content (AvgIpc) is 2.86. The Hall–Kier alpha value is -1.13. The molecule has 0 radical (unpaired) electrons. The van der Waals surface area contributed by atoms with Crippen molar-refractivity contribution in [2.45, 2.75) is 31.7 Å². The Kier molecular flexibility index (Phi) is 2.99. The van der Waals surface area contributed by atoms with Gasteiger partial charge in [0, 0.05) is 34.7 Å². The van der Waals surface area contributed by atoms with Gasteiger partial charge >= 0.3 is 0 Å². The van der Waals surface area contributed by atoms with Crippen molar-refractivity contribution >= 4 is 11.3 Å². The van der Waals surface area contributed by atoms with Gasteiger partial charge in [0.15, 0.2) is 0 Å². The Bertz CT molecular complexity index is 483. The summed E-state index contributed by atoms with van der Waals surface area (Å²) in [5, 5.41) is 15.3. The molecule has 1 fully saturated rings. The van der Waals surface area contributed by atoms with Crippen LogP contribution in [-0.2, 0) is 6.54 Å². The van der Waals surface area contributed by atoms with Crippen LogP contribution in [0.5, 0.6) is 0 Å². The first kappa shape index (κ1) is 11.0. The molecular formula is C13H17N3S. The monoisotopic (exact) mass is 247 g/mol. The third kappa shape index (κ3) is 1.91. The molecule has 0 spiro atoms. The van der Waals surface area contributed by atoms with Gasteiger partial charge in [-0.2, -0.15) is 16.4 Å². The van der Waals surface area contributed by atoms with Crippen molar-refractivity contribution in [2.75, 3.05) is 7.05 Å². The van der Waals surface area contributed by atoms with E-state index in [0.717, 1.165) is 12.2 Å². The number of rotatable bonds is 4. The fraction of sp³-hybridized carbons (Fsp3) is 0.462. The van der Waals surface area contributed by atoms with E-state index in [1.54, 1.807) is 11.3 Å². The van der Waals surface area contributed by atoms with Gasteiger partial charge in [0.05, 0.1) is 5.69 Å². The molecule has 1 aliphatic carbocycles. The third-order valence-corrected chi connectivity index (χ3v) is 4.24. The van der Waals surface area contributed by atoms with Gasteiger partial charge in [0.2, 0.25) is 0 Å². The van der Waals surface area contributed by atoms with Gasteiger partial charge in [0.1, 0.15) is 0 Å². The Morgan fingerprint density at radius 2 is 2.41 bits per heavy atom. The lowest BCUT2D eigenvalue weighted by Crippen LogP contribution is -2.14. The molecule has 3 nitrogen and oxygen atoms in total. The number of aromatic amines is 1. The highest BCUT2D eigenvalue weighted by atomic mass is 32.1. The van der Waals surface area contributed by atoms with Crippen LogP contribution >= 0.6 is 11.3 Å². The zero-order valence-corrected chi connectivity index (χ0v) is 10.8. The number of aromatic nitrogens is 2. The van der Waals surface area contributed by atoms with Gasteiger partial charge < -0.3 is 5.32 Å². The molecule has 0 aromatic carbocycles. The molecule has 0 bridgehead atoms. The van der Waals surface area contributed by atoms with Crippen molar-refractivity contribution in [1.29, 1.82) is 0 Å². The number of H-pyrrole nitrogens is 1. The van der Waals surface area contributed by atoms with Crippen LogP contribution in [0.15, 0.2) is 16.8 Å². The first-order chi connectivity index (χ1) is 8.40. The molecule has 90 valence electrons. The smallest absolute Gasteiger partial charge is 0.0976 e. The fourth-order valence-electron chi connectivity index (χ4n) is 2.41. The minimum absolute atomic E-state index is 0.707. The number of thiophene rings is 1. The van der Waals surface area contributed by atoms with E-state index in [4.69, 9.17) is 0 Å². The third-order valence-electron chi connectivity index (χ3n) is 3.56. The molecular weight excluding hydrogens is 230 g/mol. The summed E-state index contributed by atoms with van der Waals surface area (Å²) in [5.41, 5.74) is 5.08. The van der Waals surface area contributed by atoms with Gasteiger partial charge in [-0.25, -0.2) is 0 Å². The maximum atomic E-state index is 4.52. The summed E-state index contributed by atoms with van der Waals surface area (Å²) in [7, 11) is 1.99. The summed E-state index contributed by atoms with van der Waals surface area (Å²) in [6.07, 6.45) is 3.97. The van der Waals surface area contributed by atoms with Crippen molar-refractivity contribution in [2.24, 2.45) is 0 Å². The highest BCUT2D eigenvalue weighted by Gasteiger charge is 2.26. The summed E-state index contributed by atoms with van der Waals surface area (Å²) in [5.74, 6) is 0.707. The predicted octanol–water partition coefficient (Wildman–Crippen LogP) is 3.13. The minimum atomic E-state index is 0.707. The van der Waals surface area contributed by atoms with Crippen LogP contribution < -0.4 is 5.32 Å². The second kappa shape index (κ2) is 4.63. The summed E-state index contributed by atoms with van der Waals surface area (Å²) in [4.78, 5) is 0. The molecule has 0 atom stereocenters. The van der Waals surface area contributed by atoms with Crippen LogP contribution in [0.1, 0.15) is 36.4 Å². The summed E-state index contributed by atoms with van der Waals surface area (Å²) in [6, 6.07) is 2.14. The van der Waals surface area contributed by atoms with Crippen LogP contribution in [0.4, 0.5) is 0 Å². The van der Waals surface area contributed by atoms with Crippen LogP contribution in [0.25, 0.3) is 11.3 Å². The van der Waals surface area contributed by atoms with Crippen molar-refractivity contribution in [3.05, 3.63) is 28.1 Å². The molecule has 0 aliphatic heterocycles.